The average molecular weight is 276 g/mol. The molecule has 3 N–H and O–H groups in total. The summed E-state index contributed by atoms with van der Waals surface area (Å²) in [6.07, 6.45) is 0. The van der Waals surface area contributed by atoms with E-state index in [2.05, 4.69) is 5.32 Å². The SMILES string of the molecule is CC(Nc1ccc(C(N)=O)cc1)c1ccc(F)cc1F. The largest absolute Gasteiger partial charge is 0.378 e. The molecule has 1 amide bonds. The summed E-state index contributed by atoms with van der Waals surface area (Å²) in [6, 6.07) is 9.65. The monoisotopic (exact) mass is 276 g/mol. The van der Waals surface area contributed by atoms with Crippen LogP contribution in [0.5, 0.6) is 0 Å². The highest BCUT2D eigenvalue weighted by molar-refractivity contribution is 5.93. The molecule has 3 nitrogen and oxygen atoms in total. The fourth-order valence-electron chi connectivity index (χ4n) is 1.91. The molecule has 1 atom stereocenters. The third-order valence-electron chi connectivity index (χ3n) is 2.98. The summed E-state index contributed by atoms with van der Waals surface area (Å²) in [4.78, 5) is 10.9. The molecule has 0 fully saturated rings. The van der Waals surface area contributed by atoms with Gasteiger partial charge in [0.25, 0.3) is 0 Å². The molecule has 5 heteroatoms. The van der Waals surface area contributed by atoms with Crippen molar-refractivity contribution in [2.75, 3.05) is 5.32 Å². The van der Waals surface area contributed by atoms with Crippen LogP contribution in [0.25, 0.3) is 0 Å². The van der Waals surface area contributed by atoms with E-state index in [9.17, 15) is 13.6 Å². The van der Waals surface area contributed by atoms with Gasteiger partial charge in [-0.3, -0.25) is 4.79 Å². The van der Waals surface area contributed by atoms with E-state index >= 15 is 0 Å². The maximum Gasteiger partial charge on any atom is 0.248 e. The van der Waals surface area contributed by atoms with Gasteiger partial charge in [0.2, 0.25) is 5.91 Å². The van der Waals surface area contributed by atoms with Gasteiger partial charge in [0.05, 0.1) is 6.04 Å². The Bertz CT molecular complexity index is 626. The van der Waals surface area contributed by atoms with E-state index in [0.29, 0.717) is 16.8 Å². The number of primary amides is 1. The second kappa shape index (κ2) is 5.69. The first kappa shape index (κ1) is 14.0. The minimum Gasteiger partial charge on any atom is -0.378 e. The lowest BCUT2D eigenvalue weighted by molar-refractivity contribution is 0.100. The van der Waals surface area contributed by atoms with E-state index in [1.54, 1.807) is 31.2 Å². The van der Waals surface area contributed by atoms with Gasteiger partial charge in [-0.2, -0.15) is 0 Å². The fraction of sp³-hybridized carbons (Fsp3) is 0.133. The van der Waals surface area contributed by atoms with Crippen molar-refractivity contribution in [2.45, 2.75) is 13.0 Å². The number of anilines is 1. The van der Waals surface area contributed by atoms with Crippen LogP contribution >= 0.6 is 0 Å². The van der Waals surface area contributed by atoms with Crippen molar-refractivity contribution in [1.29, 1.82) is 0 Å². The molecule has 1 unspecified atom stereocenters. The molecule has 0 aromatic heterocycles. The highest BCUT2D eigenvalue weighted by Crippen LogP contribution is 2.22. The summed E-state index contributed by atoms with van der Waals surface area (Å²) >= 11 is 0. The van der Waals surface area contributed by atoms with Crippen molar-refractivity contribution in [3.05, 3.63) is 65.2 Å². The predicted octanol–water partition coefficient (Wildman–Crippen LogP) is 3.24. The van der Waals surface area contributed by atoms with Gasteiger partial charge in [0.1, 0.15) is 11.6 Å². The summed E-state index contributed by atoms with van der Waals surface area (Å²) in [5, 5.41) is 3.07. The molecule has 2 aromatic carbocycles. The van der Waals surface area contributed by atoms with Gasteiger partial charge >= 0.3 is 0 Å². The first-order chi connectivity index (χ1) is 9.47. The Morgan fingerprint density at radius 2 is 1.80 bits per heavy atom. The van der Waals surface area contributed by atoms with Crippen LogP contribution in [0.15, 0.2) is 42.5 Å². The van der Waals surface area contributed by atoms with Crippen LogP contribution in [0.2, 0.25) is 0 Å². The van der Waals surface area contributed by atoms with Crippen molar-refractivity contribution in [2.24, 2.45) is 5.73 Å². The van der Waals surface area contributed by atoms with Gasteiger partial charge in [-0.05, 0) is 37.3 Å². The zero-order chi connectivity index (χ0) is 14.7. The molecule has 0 bridgehead atoms. The highest BCUT2D eigenvalue weighted by atomic mass is 19.1. The van der Waals surface area contributed by atoms with Crippen molar-refractivity contribution in [3.8, 4) is 0 Å². The molecule has 0 spiro atoms. The number of halogens is 2. The third kappa shape index (κ3) is 3.12. The highest BCUT2D eigenvalue weighted by Gasteiger charge is 2.11. The summed E-state index contributed by atoms with van der Waals surface area (Å²) in [7, 11) is 0. The van der Waals surface area contributed by atoms with Gasteiger partial charge < -0.3 is 11.1 Å². The van der Waals surface area contributed by atoms with Crippen molar-refractivity contribution < 1.29 is 13.6 Å². The molecule has 2 aromatic rings. The Kier molecular flexibility index (Phi) is 3.98. The average Bonchev–Trinajstić information content (AvgIpc) is 2.39. The van der Waals surface area contributed by atoms with Crippen LogP contribution in [0.1, 0.15) is 28.9 Å². The molecule has 20 heavy (non-hydrogen) atoms. The predicted molar refractivity (Wildman–Crippen MR) is 73.4 cm³/mol. The van der Waals surface area contributed by atoms with Gasteiger partial charge in [0, 0.05) is 22.9 Å². The van der Waals surface area contributed by atoms with E-state index in [0.717, 1.165) is 6.07 Å². The number of nitrogens with two attached hydrogens (primary N) is 1. The molecule has 2 rings (SSSR count). The van der Waals surface area contributed by atoms with Crippen molar-refractivity contribution in [1.82, 2.24) is 0 Å². The van der Waals surface area contributed by atoms with Crippen LogP contribution in [-0.2, 0) is 0 Å². The molecule has 104 valence electrons. The number of carbonyl (C=O) groups excluding carboxylic acids is 1. The fourth-order valence-corrected chi connectivity index (χ4v) is 1.91. The Hall–Kier alpha value is -2.43. The number of nitrogens with one attached hydrogen (secondary N) is 1. The minimum absolute atomic E-state index is 0.338. The lowest BCUT2D eigenvalue weighted by Crippen LogP contribution is -2.11. The number of rotatable bonds is 4. The second-order valence-corrected chi connectivity index (χ2v) is 4.47. The number of carbonyl (C=O) groups is 1. The van der Waals surface area contributed by atoms with Crippen LogP contribution in [0.4, 0.5) is 14.5 Å². The quantitative estimate of drug-likeness (QED) is 0.900. The summed E-state index contributed by atoms with van der Waals surface area (Å²) < 4.78 is 26.5. The smallest absolute Gasteiger partial charge is 0.248 e. The Morgan fingerprint density at radius 3 is 2.35 bits per heavy atom. The van der Waals surface area contributed by atoms with E-state index in [1.807, 2.05) is 0 Å². The normalized spacial score (nSPS) is 11.9. The molecule has 0 aliphatic heterocycles. The lowest BCUT2D eigenvalue weighted by Gasteiger charge is -2.16. The third-order valence-corrected chi connectivity index (χ3v) is 2.98. The van der Waals surface area contributed by atoms with E-state index < -0.39 is 17.5 Å². The number of amides is 1. The molecule has 0 saturated carbocycles. The van der Waals surface area contributed by atoms with Crippen molar-refractivity contribution >= 4 is 11.6 Å². The Balaban J connectivity index is 2.14. The number of benzene rings is 2. The number of hydrogen-bond acceptors (Lipinski definition) is 2. The minimum atomic E-state index is -0.607. The zero-order valence-corrected chi connectivity index (χ0v) is 10.9. The first-order valence-electron chi connectivity index (χ1n) is 6.08. The summed E-state index contributed by atoms with van der Waals surface area (Å²) in [5.41, 5.74) is 6.63. The Labute approximate surface area is 115 Å². The standard InChI is InChI=1S/C15H14F2N2O/c1-9(13-7-4-11(16)8-14(13)17)19-12-5-2-10(3-6-12)15(18)20/h2-9,19H,1H3,(H2,18,20). The Morgan fingerprint density at radius 1 is 1.15 bits per heavy atom. The van der Waals surface area contributed by atoms with Gasteiger partial charge in [-0.1, -0.05) is 6.07 Å². The summed E-state index contributed by atoms with van der Waals surface area (Å²) in [5.74, 6) is -1.71. The van der Waals surface area contributed by atoms with Gasteiger partial charge in [-0.25, -0.2) is 8.78 Å². The van der Waals surface area contributed by atoms with Crippen LogP contribution in [0.3, 0.4) is 0 Å². The molecular weight excluding hydrogens is 262 g/mol. The molecular formula is C15H14F2N2O. The molecule has 0 aliphatic rings. The zero-order valence-electron chi connectivity index (χ0n) is 10.9. The second-order valence-electron chi connectivity index (χ2n) is 4.47. The van der Waals surface area contributed by atoms with Gasteiger partial charge in [-0.15, -0.1) is 0 Å². The molecule has 0 radical (unpaired) electrons. The van der Waals surface area contributed by atoms with Crippen LogP contribution in [-0.4, -0.2) is 5.91 Å². The molecule has 0 saturated heterocycles. The van der Waals surface area contributed by atoms with Crippen LogP contribution in [0, 0.1) is 11.6 Å². The topological polar surface area (TPSA) is 55.1 Å². The van der Waals surface area contributed by atoms with E-state index in [4.69, 9.17) is 5.73 Å². The maximum absolute atomic E-state index is 13.6. The van der Waals surface area contributed by atoms with Gasteiger partial charge in [0.15, 0.2) is 0 Å². The molecule has 0 heterocycles. The summed E-state index contributed by atoms with van der Waals surface area (Å²) in [6.45, 7) is 1.76. The van der Waals surface area contributed by atoms with E-state index in [-0.39, 0.29) is 6.04 Å². The number of hydrogen-bond donors (Lipinski definition) is 2. The van der Waals surface area contributed by atoms with Crippen molar-refractivity contribution in [3.63, 3.8) is 0 Å². The first-order valence-corrected chi connectivity index (χ1v) is 6.08. The van der Waals surface area contributed by atoms with Crippen LogP contribution < -0.4 is 11.1 Å². The molecule has 0 aliphatic carbocycles. The maximum atomic E-state index is 13.6. The van der Waals surface area contributed by atoms with E-state index in [1.165, 1.54) is 12.1 Å². The lowest BCUT2D eigenvalue weighted by atomic mass is 10.1.